The Hall–Kier alpha value is -1.85. The van der Waals surface area contributed by atoms with Gasteiger partial charge in [-0.15, -0.1) is 0 Å². The zero-order valence-corrected chi connectivity index (χ0v) is 10.7. The molecule has 0 spiro atoms. The van der Waals surface area contributed by atoms with Crippen molar-refractivity contribution in [1.82, 2.24) is 0 Å². The molecular weight excluding hydrogens is 240 g/mol. The van der Waals surface area contributed by atoms with Crippen LogP contribution in [0.3, 0.4) is 0 Å². The number of esters is 2. The number of allylic oxidation sites excluding steroid dienone is 1. The van der Waals surface area contributed by atoms with Gasteiger partial charge in [0.15, 0.2) is 5.78 Å². The monoisotopic (exact) mass is 256 g/mol. The molecule has 0 aromatic carbocycles. The van der Waals surface area contributed by atoms with Gasteiger partial charge in [0.05, 0.1) is 14.2 Å². The minimum Gasteiger partial charge on any atom is -0.511 e. The highest BCUT2D eigenvalue weighted by molar-refractivity contribution is 6.08. The summed E-state index contributed by atoms with van der Waals surface area (Å²) in [6.07, 6.45) is 0.883. The highest BCUT2D eigenvalue weighted by Crippen LogP contribution is 2.44. The smallest absolute Gasteiger partial charge is 0.317 e. The molecule has 100 valence electrons. The van der Waals surface area contributed by atoms with Crippen molar-refractivity contribution in [3.63, 3.8) is 0 Å². The minimum absolute atomic E-state index is 0.392. The third-order valence-electron chi connectivity index (χ3n) is 3.23. The number of carbonyl (C=O) groups is 3. The molecule has 0 fully saturated rings. The van der Waals surface area contributed by atoms with Crippen LogP contribution in [-0.2, 0) is 23.9 Å². The summed E-state index contributed by atoms with van der Waals surface area (Å²) in [5.74, 6) is -4.61. The first-order valence-corrected chi connectivity index (χ1v) is 5.37. The van der Waals surface area contributed by atoms with E-state index in [-0.39, 0.29) is 0 Å². The number of ketones is 1. The van der Waals surface area contributed by atoms with Gasteiger partial charge in [-0.05, 0) is 0 Å². The van der Waals surface area contributed by atoms with Crippen LogP contribution in [0, 0.1) is 17.3 Å². The van der Waals surface area contributed by atoms with E-state index < -0.39 is 40.7 Å². The van der Waals surface area contributed by atoms with E-state index in [1.165, 1.54) is 21.0 Å². The summed E-state index contributed by atoms with van der Waals surface area (Å²) in [4.78, 5) is 35.1. The van der Waals surface area contributed by atoms with E-state index in [1.54, 1.807) is 0 Å². The Kier molecular flexibility index (Phi) is 3.79. The molecule has 6 nitrogen and oxygen atoms in total. The third-order valence-corrected chi connectivity index (χ3v) is 3.23. The van der Waals surface area contributed by atoms with Gasteiger partial charge in [-0.3, -0.25) is 14.4 Å². The number of aliphatic hydroxyl groups excluding tert-OH is 1. The second-order valence-corrected chi connectivity index (χ2v) is 4.71. The number of methoxy groups -OCH3 is 2. The topological polar surface area (TPSA) is 89.9 Å². The van der Waals surface area contributed by atoms with Crippen LogP contribution in [0.2, 0.25) is 0 Å². The van der Waals surface area contributed by atoms with E-state index in [2.05, 4.69) is 9.47 Å². The first kappa shape index (κ1) is 14.2. The minimum atomic E-state index is -1.14. The normalized spacial score (nSPS) is 26.2. The van der Waals surface area contributed by atoms with E-state index in [0.717, 1.165) is 13.2 Å². The SMILES string of the molecule is COC(=O)[C@@H]1C(=O)C=C(O)[C@H](C(=O)OC)C1(C)C. The number of hydrogen-bond acceptors (Lipinski definition) is 6. The molecular formula is C12H16O6. The fourth-order valence-electron chi connectivity index (χ4n) is 2.31. The zero-order chi connectivity index (χ0) is 14.1. The molecule has 0 aromatic rings. The van der Waals surface area contributed by atoms with Crippen LogP contribution in [-0.4, -0.2) is 37.0 Å². The van der Waals surface area contributed by atoms with Crippen LogP contribution in [0.1, 0.15) is 13.8 Å². The van der Waals surface area contributed by atoms with Crippen molar-refractivity contribution < 1.29 is 29.0 Å². The number of ether oxygens (including phenoxy) is 2. The number of aliphatic hydroxyl groups is 1. The van der Waals surface area contributed by atoms with Gasteiger partial charge in [0, 0.05) is 11.5 Å². The number of rotatable bonds is 2. The van der Waals surface area contributed by atoms with Crippen LogP contribution in [0.5, 0.6) is 0 Å². The first-order chi connectivity index (χ1) is 8.27. The van der Waals surface area contributed by atoms with Crippen molar-refractivity contribution in [3.8, 4) is 0 Å². The van der Waals surface area contributed by atoms with Crippen molar-refractivity contribution in [1.29, 1.82) is 0 Å². The molecule has 0 unspecified atom stereocenters. The average Bonchev–Trinajstić information content (AvgIpc) is 2.26. The third kappa shape index (κ3) is 2.10. The van der Waals surface area contributed by atoms with Gasteiger partial charge in [0.2, 0.25) is 0 Å². The van der Waals surface area contributed by atoms with E-state index in [0.29, 0.717) is 0 Å². The maximum Gasteiger partial charge on any atom is 0.317 e. The summed E-state index contributed by atoms with van der Waals surface area (Å²) in [5.41, 5.74) is -1.11. The number of carbonyl (C=O) groups excluding carboxylic acids is 3. The molecule has 18 heavy (non-hydrogen) atoms. The molecule has 0 amide bonds. The summed E-state index contributed by atoms with van der Waals surface area (Å²) < 4.78 is 9.16. The zero-order valence-electron chi connectivity index (χ0n) is 10.7. The molecule has 0 saturated heterocycles. The van der Waals surface area contributed by atoms with Gasteiger partial charge in [0.25, 0.3) is 0 Å². The highest BCUT2D eigenvalue weighted by atomic mass is 16.5. The second-order valence-electron chi connectivity index (χ2n) is 4.71. The fraction of sp³-hybridized carbons (Fsp3) is 0.583. The Labute approximate surface area is 105 Å². The van der Waals surface area contributed by atoms with E-state index >= 15 is 0 Å². The van der Waals surface area contributed by atoms with Gasteiger partial charge in [-0.1, -0.05) is 13.8 Å². The Bertz CT molecular complexity index is 420. The molecule has 1 rings (SSSR count). The fourth-order valence-corrected chi connectivity index (χ4v) is 2.31. The van der Waals surface area contributed by atoms with E-state index in [9.17, 15) is 19.5 Å². The van der Waals surface area contributed by atoms with E-state index in [4.69, 9.17) is 0 Å². The molecule has 0 heterocycles. The molecule has 6 heteroatoms. The molecule has 1 aliphatic rings. The molecule has 0 radical (unpaired) electrons. The maximum atomic E-state index is 11.8. The van der Waals surface area contributed by atoms with E-state index in [1.807, 2.05) is 0 Å². The lowest BCUT2D eigenvalue weighted by molar-refractivity contribution is -0.161. The lowest BCUT2D eigenvalue weighted by Gasteiger charge is -2.38. The molecule has 2 atom stereocenters. The predicted octanol–water partition coefficient (Wildman–Crippen LogP) is 0.616. The van der Waals surface area contributed by atoms with Crippen LogP contribution < -0.4 is 0 Å². The molecule has 0 bridgehead atoms. The quantitative estimate of drug-likeness (QED) is 0.575. The standard InChI is InChI=1S/C12H16O6/c1-12(2)8(10(15)17-3)6(13)5-7(14)9(12)11(16)18-4/h5,8-9,13H,1-4H3/t8-,9+/m1/s1. The Balaban J connectivity index is 3.30. The van der Waals surface area contributed by atoms with Crippen molar-refractivity contribution >= 4 is 17.7 Å². The molecule has 0 aliphatic heterocycles. The lowest BCUT2D eigenvalue weighted by atomic mass is 9.63. The summed E-state index contributed by atoms with van der Waals surface area (Å²) in [6.45, 7) is 3.08. The van der Waals surface area contributed by atoms with Gasteiger partial charge in [0.1, 0.15) is 17.6 Å². The Morgan fingerprint density at radius 2 is 1.61 bits per heavy atom. The Morgan fingerprint density at radius 3 is 2.06 bits per heavy atom. The maximum absolute atomic E-state index is 11.8. The molecule has 0 saturated carbocycles. The largest absolute Gasteiger partial charge is 0.511 e. The van der Waals surface area contributed by atoms with Crippen LogP contribution in [0.25, 0.3) is 0 Å². The highest BCUT2D eigenvalue weighted by Gasteiger charge is 2.53. The van der Waals surface area contributed by atoms with Crippen molar-refractivity contribution in [2.24, 2.45) is 17.3 Å². The molecule has 0 aromatic heterocycles. The lowest BCUT2D eigenvalue weighted by Crippen LogP contribution is -2.49. The first-order valence-electron chi connectivity index (χ1n) is 5.37. The Morgan fingerprint density at radius 1 is 1.17 bits per heavy atom. The van der Waals surface area contributed by atoms with Gasteiger partial charge in [-0.25, -0.2) is 0 Å². The van der Waals surface area contributed by atoms with Crippen LogP contribution in [0.15, 0.2) is 11.8 Å². The summed E-state index contributed by atoms with van der Waals surface area (Å²) in [6, 6.07) is 0. The van der Waals surface area contributed by atoms with Crippen LogP contribution >= 0.6 is 0 Å². The predicted molar refractivity (Wildman–Crippen MR) is 60.5 cm³/mol. The summed E-state index contributed by atoms with van der Waals surface area (Å²) >= 11 is 0. The molecule has 1 aliphatic carbocycles. The van der Waals surface area contributed by atoms with Gasteiger partial charge in [-0.2, -0.15) is 0 Å². The number of hydrogen-bond donors (Lipinski definition) is 1. The van der Waals surface area contributed by atoms with Crippen molar-refractivity contribution in [2.45, 2.75) is 13.8 Å². The van der Waals surface area contributed by atoms with Gasteiger partial charge < -0.3 is 14.6 Å². The van der Waals surface area contributed by atoms with Gasteiger partial charge >= 0.3 is 11.9 Å². The van der Waals surface area contributed by atoms with Crippen molar-refractivity contribution in [3.05, 3.63) is 11.8 Å². The average molecular weight is 256 g/mol. The van der Waals surface area contributed by atoms with Crippen molar-refractivity contribution in [2.75, 3.05) is 14.2 Å². The molecule has 1 N–H and O–H groups in total. The summed E-state index contributed by atoms with van der Waals surface area (Å²) in [7, 11) is 2.34. The van der Waals surface area contributed by atoms with Crippen LogP contribution in [0.4, 0.5) is 0 Å². The second kappa shape index (κ2) is 4.80. The summed E-state index contributed by atoms with van der Waals surface area (Å²) in [5, 5.41) is 9.74.